The molecule has 3 heteroatoms. The van der Waals surface area contributed by atoms with E-state index in [0.29, 0.717) is 10.0 Å². The number of para-hydroxylation sites is 2. The second kappa shape index (κ2) is 5.28. The Morgan fingerprint density at radius 1 is 0.682 bits per heavy atom. The Bertz CT molecular complexity index is 955. The molecule has 0 bridgehead atoms. The number of hydrogen-bond donors (Lipinski definition) is 0. The van der Waals surface area contributed by atoms with Gasteiger partial charge in [-0.05, 0) is 24.3 Å². The van der Waals surface area contributed by atoms with Crippen molar-refractivity contribution >= 4 is 45.0 Å². The average molecular weight is 324 g/mol. The number of rotatable bonds is 1. The Kier molecular flexibility index (Phi) is 3.25. The summed E-state index contributed by atoms with van der Waals surface area (Å²) in [6, 6.07) is 21.9. The van der Waals surface area contributed by atoms with Gasteiger partial charge in [-0.3, -0.25) is 0 Å². The highest BCUT2D eigenvalue weighted by molar-refractivity contribution is 6.37. The second-order valence-electron chi connectivity index (χ2n) is 5.15. The Morgan fingerprint density at radius 2 is 1.27 bits per heavy atom. The van der Waals surface area contributed by atoms with Crippen molar-refractivity contribution in [1.82, 2.24) is 4.98 Å². The molecule has 1 heterocycles. The van der Waals surface area contributed by atoms with Gasteiger partial charge < -0.3 is 0 Å². The molecule has 0 spiro atoms. The third-order valence-electron chi connectivity index (χ3n) is 3.79. The summed E-state index contributed by atoms with van der Waals surface area (Å²) in [7, 11) is 0. The quantitative estimate of drug-likeness (QED) is 0.371. The lowest BCUT2D eigenvalue weighted by molar-refractivity contribution is 1.49. The Labute approximate surface area is 138 Å². The number of hydrogen-bond acceptors (Lipinski definition) is 1. The molecule has 0 fully saturated rings. The predicted molar refractivity (Wildman–Crippen MR) is 94.7 cm³/mol. The van der Waals surface area contributed by atoms with Crippen molar-refractivity contribution < 1.29 is 0 Å². The molecule has 0 saturated heterocycles. The molecule has 4 aromatic rings. The first-order valence-electron chi connectivity index (χ1n) is 6.97. The average Bonchev–Trinajstić information content (AvgIpc) is 2.53. The Hall–Kier alpha value is -2.09. The van der Waals surface area contributed by atoms with Crippen LogP contribution in [0.5, 0.6) is 0 Å². The van der Waals surface area contributed by atoms with E-state index in [1.54, 1.807) is 6.07 Å². The lowest BCUT2D eigenvalue weighted by atomic mass is 9.96. The first kappa shape index (κ1) is 13.6. The van der Waals surface area contributed by atoms with Crippen LogP contribution in [0.15, 0.2) is 66.7 Å². The van der Waals surface area contributed by atoms with Crippen LogP contribution >= 0.6 is 23.2 Å². The number of pyridine rings is 1. The predicted octanol–water partition coefficient (Wildman–Crippen LogP) is 6.36. The minimum Gasteiger partial charge on any atom is -0.248 e. The fourth-order valence-corrected chi connectivity index (χ4v) is 3.33. The molecule has 0 N–H and O–H groups in total. The third kappa shape index (κ3) is 2.14. The highest BCUT2D eigenvalue weighted by Crippen LogP contribution is 2.38. The fraction of sp³-hybridized carbons (Fsp3) is 0. The minimum absolute atomic E-state index is 0.636. The molecule has 0 radical (unpaired) electrons. The van der Waals surface area contributed by atoms with Crippen molar-refractivity contribution in [3.63, 3.8) is 0 Å². The van der Waals surface area contributed by atoms with Gasteiger partial charge in [-0.2, -0.15) is 0 Å². The molecule has 0 amide bonds. The van der Waals surface area contributed by atoms with E-state index in [4.69, 9.17) is 28.2 Å². The third-order valence-corrected chi connectivity index (χ3v) is 4.34. The van der Waals surface area contributed by atoms with E-state index in [-0.39, 0.29) is 0 Å². The van der Waals surface area contributed by atoms with Crippen molar-refractivity contribution in [2.75, 3.05) is 0 Å². The summed E-state index contributed by atoms with van der Waals surface area (Å²) in [5, 5.41) is 3.46. The highest BCUT2D eigenvalue weighted by atomic mass is 35.5. The summed E-state index contributed by atoms with van der Waals surface area (Å²) >= 11 is 12.5. The van der Waals surface area contributed by atoms with E-state index in [0.717, 1.165) is 32.9 Å². The van der Waals surface area contributed by atoms with Gasteiger partial charge in [-0.25, -0.2) is 4.98 Å². The maximum atomic E-state index is 6.46. The van der Waals surface area contributed by atoms with Gasteiger partial charge >= 0.3 is 0 Å². The van der Waals surface area contributed by atoms with Crippen LogP contribution in [0.1, 0.15) is 0 Å². The molecule has 0 aliphatic heterocycles. The van der Waals surface area contributed by atoms with Crippen LogP contribution < -0.4 is 0 Å². The molecular weight excluding hydrogens is 313 g/mol. The van der Waals surface area contributed by atoms with E-state index in [9.17, 15) is 0 Å². The second-order valence-corrected chi connectivity index (χ2v) is 5.99. The summed E-state index contributed by atoms with van der Waals surface area (Å²) in [5.74, 6) is 0. The van der Waals surface area contributed by atoms with Crippen molar-refractivity contribution in [2.45, 2.75) is 0 Å². The SMILES string of the molecule is Clc1ccc(-c2c3ccccc3nc3ccccc23)c(Cl)c1. The molecule has 3 aromatic carbocycles. The molecule has 0 aliphatic rings. The van der Waals surface area contributed by atoms with Crippen LogP contribution in [-0.4, -0.2) is 4.98 Å². The van der Waals surface area contributed by atoms with E-state index in [2.05, 4.69) is 12.1 Å². The van der Waals surface area contributed by atoms with Gasteiger partial charge in [0.25, 0.3) is 0 Å². The van der Waals surface area contributed by atoms with Crippen LogP contribution in [0.3, 0.4) is 0 Å². The van der Waals surface area contributed by atoms with Gasteiger partial charge in [0.15, 0.2) is 0 Å². The maximum Gasteiger partial charge on any atom is 0.0715 e. The zero-order valence-electron chi connectivity index (χ0n) is 11.6. The van der Waals surface area contributed by atoms with Gasteiger partial charge in [-0.15, -0.1) is 0 Å². The first-order chi connectivity index (χ1) is 10.7. The summed E-state index contributed by atoms with van der Waals surface area (Å²) in [6.45, 7) is 0. The van der Waals surface area contributed by atoms with Gasteiger partial charge in [0, 0.05) is 31.9 Å². The Balaban J connectivity index is 2.21. The molecule has 0 atom stereocenters. The molecule has 106 valence electrons. The molecule has 0 saturated carbocycles. The lowest BCUT2D eigenvalue weighted by Crippen LogP contribution is -1.89. The fourth-order valence-electron chi connectivity index (χ4n) is 2.82. The largest absolute Gasteiger partial charge is 0.248 e. The lowest BCUT2D eigenvalue weighted by Gasteiger charge is -2.12. The smallest absolute Gasteiger partial charge is 0.0715 e. The van der Waals surface area contributed by atoms with Gasteiger partial charge in [0.1, 0.15) is 0 Å². The van der Waals surface area contributed by atoms with Crippen molar-refractivity contribution in [2.24, 2.45) is 0 Å². The number of halogens is 2. The molecule has 22 heavy (non-hydrogen) atoms. The van der Waals surface area contributed by atoms with Gasteiger partial charge in [0.2, 0.25) is 0 Å². The zero-order chi connectivity index (χ0) is 15.1. The van der Waals surface area contributed by atoms with Crippen molar-refractivity contribution in [3.05, 3.63) is 76.8 Å². The number of aromatic nitrogens is 1. The van der Waals surface area contributed by atoms with Gasteiger partial charge in [0.05, 0.1) is 11.0 Å². The Morgan fingerprint density at radius 3 is 1.86 bits per heavy atom. The van der Waals surface area contributed by atoms with Crippen LogP contribution in [0.4, 0.5) is 0 Å². The van der Waals surface area contributed by atoms with E-state index < -0.39 is 0 Å². The normalized spacial score (nSPS) is 11.2. The highest BCUT2D eigenvalue weighted by Gasteiger charge is 2.13. The van der Waals surface area contributed by atoms with Crippen LogP contribution in [-0.2, 0) is 0 Å². The van der Waals surface area contributed by atoms with Crippen LogP contribution in [0.25, 0.3) is 32.9 Å². The van der Waals surface area contributed by atoms with E-state index >= 15 is 0 Å². The summed E-state index contributed by atoms with van der Waals surface area (Å²) in [6.07, 6.45) is 0. The number of benzene rings is 3. The summed E-state index contributed by atoms with van der Waals surface area (Å²) in [5.41, 5.74) is 3.99. The molecule has 4 rings (SSSR count). The molecule has 0 unspecified atom stereocenters. The van der Waals surface area contributed by atoms with Gasteiger partial charge in [-0.1, -0.05) is 65.7 Å². The monoisotopic (exact) mass is 323 g/mol. The minimum atomic E-state index is 0.636. The zero-order valence-corrected chi connectivity index (χ0v) is 13.1. The first-order valence-corrected chi connectivity index (χ1v) is 7.72. The maximum absolute atomic E-state index is 6.46. The number of nitrogens with zero attached hydrogens (tertiary/aromatic N) is 1. The summed E-state index contributed by atoms with van der Waals surface area (Å²) in [4.78, 5) is 4.74. The molecule has 1 nitrogen and oxygen atoms in total. The van der Waals surface area contributed by atoms with Crippen LogP contribution in [0, 0.1) is 0 Å². The van der Waals surface area contributed by atoms with E-state index in [1.165, 1.54) is 0 Å². The molecule has 1 aromatic heterocycles. The number of fused-ring (bicyclic) bond motifs is 2. The summed E-state index contributed by atoms with van der Waals surface area (Å²) < 4.78 is 0. The molecular formula is C19H11Cl2N. The van der Waals surface area contributed by atoms with Crippen LogP contribution in [0.2, 0.25) is 10.0 Å². The standard InChI is InChI=1S/C19H11Cl2N/c20-12-9-10-13(16(21)11-12)19-14-5-1-3-7-17(14)22-18-8-4-2-6-15(18)19/h1-11H. The topological polar surface area (TPSA) is 12.9 Å². The van der Waals surface area contributed by atoms with Crippen molar-refractivity contribution in [1.29, 1.82) is 0 Å². The van der Waals surface area contributed by atoms with E-state index in [1.807, 2.05) is 48.5 Å². The van der Waals surface area contributed by atoms with Crippen molar-refractivity contribution in [3.8, 4) is 11.1 Å². The molecule has 0 aliphatic carbocycles.